The Labute approximate surface area is 213 Å². The van der Waals surface area contributed by atoms with Gasteiger partial charge < -0.3 is 28.7 Å². The molecule has 2 aliphatic heterocycles. The number of ether oxygens (including phenoxy) is 4. The van der Waals surface area contributed by atoms with Gasteiger partial charge in [0, 0.05) is 44.1 Å². The van der Waals surface area contributed by atoms with E-state index in [1.807, 2.05) is 24.3 Å². The van der Waals surface area contributed by atoms with E-state index >= 15 is 0 Å². The number of nitrogens with zero attached hydrogens (tertiary/aromatic N) is 3. The Morgan fingerprint density at radius 2 is 1.69 bits per heavy atom. The van der Waals surface area contributed by atoms with Crippen LogP contribution in [0, 0.1) is 0 Å². The van der Waals surface area contributed by atoms with E-state index < -0.39 is 0 Å². The number of benzene rings is 2. The van der Waals surface area contributed by atoms with Gasteiger partial charge in [0.1, 0.15) is 18.2 Å². The van der Waals surface area contributed by atoms with Crippen LogP contribution in [0.25, 0.3) is 0 Å². The molecule has 7 heteroatoms. The van der Waals surface area contributed by atoms with Crippen molar-refractivity contribution in [3.63, 3.8) is 0 Å². The third kappa shape index (κ3) is 6.28. The minimum absolute atomic E-state index is 0.205. The maximum Gasteiger partial charge on any atom is 0.217 e. The fraction of sp³-hybridized carbons (Fsp3) is 0.414. The van der Waals surface area contributed by atoms with E-state index in [1.54, 1.807) is 7.11 Å². The van der Waals surface area contributed by atoms with E-state index in [9.17, 15) is 0 Å². The maximum absolute atomic E-state index is 6.25. The largest absolute Gasteiger partial charge is 0.497 e. The molecule has 2 aliphatic rings. The third-order valence-corrected chi connectivity index (χ3v) is 6.74. The summed E-state index contributed by atoms with van der Waals surface area (Å²) in [6, 6.07) is 23.0. The van der Waals surface area contributed by atoms with E-state index in [1.165, 1.54) is 5.56 Å². The number of hydrogen-bond acceptors (Lipinski definition) is 7. The van der Waals surface area contributed by atoms with E-state index in [2.05, 4.69) is 52.3 Å². The fourth-order valence-electron chi connectivity index (χ4n) is 4.77. The number of hydrogen-bond donors (Lipinski definition) is 0. The van der Waals surface area contributed by atoms with Crippen LogP contribution in [0.2, 0.25) is 0 Å². The Morgan fingerprint density at radius 1 is 0.889 bits per heavy atom. The van der Waals surface area contributed by atoms with Gasteiger partial charge in [0.2, 0.25) is 5.88 Å². The van der Waals surface area contributed by atoms with Crippen LogP contribution in [0.15, 0.2) is 66.7 Å². The topological polar surface area (TPSA) is 56.3 Å². The van der Waals surface area contributed by atoms with Gasteiger partial charge >= 0.3 is 0 Å². The first-order chi connectivity index (χ1) is 17.8. The van der Waals surface area contributed by atoms with Crippen LogP contribution < -0.4 is 19.3 Å². The minimum Gasteiger partial charge on any atom is -0.497 e. The SMILES string of the molecule is COc1ccc(COc2cc(N3CCOCC3)cc(N3CCCOCC3Cc3ccccc3)n2)cc1. The summed E-state index contributed by atoms with van der Waals surface area (Å²) in [5.41, 5.74) is 3.50. The van der Waals surface area contributed by atoms with Crippen molar-refractivity contribution in [2.45, 2.75) is 25.5 Å². The van der Waals surface area contributed by atoms with Crippen LogP contribution in [-0.4, -0.2) is 64.2 Å². The van der Waals surface area contributed by atoms with E-state index in [-0.39, 0.29) is 6.04 Å². The Hall–Kier alpha value is -3.29. The van der Waals surface area contributed by atoms with Crippen molar-refractivity contribution in [3.8, 4) is 11.6 Å². The minimum atomic E-state index is 0.205. The zero-order valence-corrected chi connectivity index (χ0v) is 21.0. The van der Waals surface area contributed by atoms with Crippen LogP contribution in [0.1, 0.15) is 17.5 Å². The molecule has 0 aliphatic carbocycles. The number of methoxy groups -OCH3 is 1. The Morgan fingerprint density at radius 3 is 2.47 bits per heavy atom. The number of anilines is 2. The van der Waals surface area contributed by atoms with Gasteiger partial charge in [-0.15, -0.1) is 0 Å². The van der Waals surface area contributed by atoms with Crippen LogP contribution in [0.4, 0.5) is 11.5 Å². The molecule has 2 saturated heterocycles. The van der Waals surface area contributed by atoms with Crippen LogP contribution >= 0.6 is 0 Å². The molecular weight excluding hydrogens is 454 g/mol. The molecule has 0 amide bonds. The lowest BCUT2D eigenvalue weighted by Gasteiger charge is -2.33. The van der Waals surface area contributed by atoms with E-state index in [4.69, 9.17) is 23.9 Å². The lowest BCUT2D eigenvalue weighted by Crippen LogP contribution is -2.40. The van der Waals surface area contributed by atoms with Gasteiger partial charge in [-0.2, -0.15) is 4.98 Å². The predicted octanol–water partition coefficient (Wildman–Crippen LogP) is 4.34. The van der Waals surface area contributed by atoms with Crippen LogP contribution in [0.5, 0.6) is 11.6 Å². The molecule has 190 valence electrons. The zero-order chi connectivity index (χ0) is 24.6. The maximum atomic E-state index is 6.25. The quantitative estimate of drug-likeness (QED) is 0.466. The molecule has 0 bridgehead atoms. The van der Waals surface area contributed by atoms with Crippen molar-refractivity contribution < 1.29 is 18.9 Å². The highest BCUT2D eigenvalue weighted by Gasteiger charge is 2.25. The van der Waals surface area contributed by atoms with Gasteiger partial charge in [0.05, 0.1) is 33.0 Å². The summed E-state index contributed by atoms with van der Waals surface area (Å²) >= 11 is 0. The molecule has 5 rings (SSSR count). The second-order valence-electron chi connectivity index (χ2n) is 9.22. The molecule has 7 nitrogen and oxygen atoms in total. The fourth-order valence-corrected chi connectivity index (χ4v) is 4.77. The highest BCUT2D eigenvalue weighted by atomic mass is 16.5. The first-order valence-electron chi connectivity index (χ1n) is 12.8. The lowest BCUT2D eigenvalue weighted by atomic mass is 10.0. The van der Waals surface area contributed by atoms with Crippen LogP contribution in [-0.2, 0) is 22.5 Å². The third-order valence-electron chi connectivity index (χ3n) is 6.74. The molecule has 1 unspecified atom stereocenters. The molecule has 3 aromatic rings. The van der Waals surface area contributed by atoms with Crippen molar-refractivity contribution in [2.24, 2.45) is 0 Å². The zero-order valence-electron chi connectivity index (χ0n) is 21.0. The molecule has 36 heavy (non-hydrogen) atoms. The second-order valence-corrected chi connectivity index (χ2v) is 9.22. The predicted molar refractivity (Wildman–Crippen MR) is 141 cm³/mol. The first kappa shape index (κ1) is 24.4. The van der Waals surface area contributed by atoms with E-state index in [0.29, 0.717) is 19.1 Å². The Balaban J connectivity index is 1.42. The van der Waals surface area contributed by atoms with Gasteiger partial charge in [0.25, 0.3) is 0 Å². The molecule has 1 atom stereocenters. The van der Waals surface area contributed by atoms with Crippen molar-refractivity contribution >= 4 is 11.5 Å². The van der Waals surface area contributed by atoms with Gasteiger partial charge in [0.15, 0.2) is 0 Å². The Bertz CT molecular complexity index is 1090. The molecule has 2 fully saturated rings. The highest BCUT2D eigenvalue weighted by Crippen LogP contribution is 2.30. The van der Waals surface area contributed by atoms with Crippen molar-refractivity contribution in [1.29, 1.82) is 0 Å². The summed E-state index contributed by atoms with van der Waals surface area (Å²) in [5.74, 6) is 2.41. The van der Waals surface area contributed by atoms with E-state index in [0.717, 1.165) is 75.1 Å². The van der Waals surface area contributed by atoms with Gasteiger partial charge in [-0.25, -0.2) is 0 Å². The summed E-state index contributed by atoms with van der Waals surface area (Å²) in [6.07, 6.45) is 1.88. The van der Waals surface area contributed by atoms with Crippen molar-refractivity contribution in [3.05, 3.63) is 77.9 Å². The molecule has 0 N–H and O–H groups in total. The first-order valence-corrected chi connectivity index (χ1v) is 12.8. The monoisotopic (exact) mass is 489 g/mol. The Kier molecular flexibility index (Phi) is 8.20. The summed E-state index contributed by atoms with van der Waals surface area (Å²) in [5, 5.41) is 0. The van der Waals surface area contributed by atoms with Gasteiger partial charge in [-0.1, -0.05) is 42.5 Å². The number of morpholine rings is 1. The molecule has 3 heterocycles. The summed E-state index contributed by atoms with van der Waals surface area (Å²) in [7, 11) is 1.67. The molecule has 0 spiro atoms. The average Bonchev–Trinajstić information content (AvgIpc) is 3.18. The number of rotatable bonds is 8. The van der Waals surface area contributed by atoms with Crippen molar-refractivity contribution in [2.75, 3.05) is 63.0 Å². The molecule has 1 aromatic heterocycles. The molecule has 0 saturated carbocycles. The highest BCUT2D eigenvalue weighted by molar-refractivity contribution is 5.59. The summed E-state index contributed by atoms with van der Waals surface area (Å²) in [6.45, 7) is 5.97. The molecule has 2 aromatic carbocycles. The number of pyridine rings is 1. The number of aromatic nitrogens is 1. The van der Waals surface area contributed by atoms with Gasteiger partial charge in [-0.3, -0.25) is 0 Å². The van der Waals surface area contributed by atoms with Crippen LogP contribution in [0.3, 0.4) is 0 Å². The van der Waals surface area contributed by atoms with Crippen molar-refractivity contribution in [1.82, 2.24) is 4.98 Å². The molecule has 0 radical (unpaired) electrons. The summed E-state index contributed by atoms with van der Waals surface area (Å²) in [4.78, 5) is 9.76. The average molecular weight is 490 g/mol. The lowest BCUT2D eigenvalue weighted by molar-refractivity contribution is 0.122. The smallest absolute Gasteiger partial charge is 0.217 e. The normalized spacial score (nSPS) is 18.5. The second kappa shape index (κ2) is 12.1. The van der Waals surface area contributed by atoms with Gasteiger partial charge in [-0.05, 0) is 36.1 Å². The summed E-state index contributed by atoms with van der Waals surface area (Å²) < 4.78 is 23.1. The standard InChI is InChI=1S/C29H35N3O4/c1-33-27-10-8-24(9-11-27)21-36-29-20-25(31-13-16-34-17-14-31)19-28(30-29)32-12-5-15-35-22-26(32)18-23-6-3-2-4-7-23/h2-4,6-11,19-20,26H,5,12-18,21-22H2,1H3. The molecular formula is C29H35N3O4.